The molecule has 0 radical (unpaired) electrons. The zero-order valence-electron chi connectivity index (χ0n) is 35.7. The number of rotatable bonds is 18. The number of aryl methyl sites for hydroxylation is 1. The maximum Gasteiger partial charge on any atom is 0.306 e. The highest BCUT2D eigenvalue weighted by molar-refractivity contribution is 5.98. The molecule has 4 atom stereocenters. The summed E-state index contributed by atoms with van der Waals surface area (Å²) in [4.78, 5) is 102. The molecular formula is C46H63N5O9. The molecule has 2 N–H and O–H groups in total. The van der Waals surface area contributed by atoms with Crippen LogP contribution in [0.15, 0.2) is 60.7 Å². The first kappa shape index (κ1) is 45.8. The van der Waals surface area contributed by atoms with Crippen LogP contribution in [0.2, 0.25) is 0 Å². The van der Waals surface area contributed by atoms with Crippen LogP contribution in [-0.4, -0.2) is 124 Å². The Kier molecular flexibility index (Phi) is 16.3. The molecule has 3 fully saturated rings. The monoisotopic (exact) mass is 829 g/mol. The summed E-state index contributed by atoms with van der Waals surface area (Å²) in [6, 6.07) is 15.8. The van der Waals surface area contributed by atoms with Crippen LogP contribution in [0.3, 0.4) is 0 Å². The van der Waals surface area contributed by atoms with Crippen LogP contribution >= 0.6 is 0 Å². The third-order valence-corrected chi connectivity index (χ3v) is 12.5. The number of likely N-dealkylation sites (N-methyl/N-ethyl adjacent to an activating group) is 2. The van der Waals surface area contributed by atoms with Crippen LogP contribution in [-0.2, 0) is 51.3 Å². The van der Waals surface area contributed by atoms with Gasteiger partial charge in [0.05, 0.1) is 12.8 Å². The van der Waals surface area contributed by atoms with E-state index < -0.39 is 77.5 Å². The van der Waals surface area contributed by atoms with Crippen LogP contribution < -0.4 is 5.32 Å². The SMILES string of the molecule is CC(C)[C@@H](C(=O)N(C)[C@@H](CC(=O)O)C(=O)N1CCCCC1)N(C)C(=O)C1(NC(=O)[C@@H]2CCCN2C(=O)[C@H](CCc2ccccc2)CC(=O)OCc2ccccc2)CCCC1. The summed E-state index contributed by atoms with van der Waals surface area (Å²) >= 11 is 0. The molecule has 5 rings (SSSR count). The van der Waals surface area contributed by atoms with Gasteiger partial charge in [0.1, 0.15) is 30.3 Å². The largest absolute Gasteiger partial charge is 0.481 e. The number of amides is 5. The normalized spacial score (nSPS) is 18.9. The van der Waals surface area contributed by atoms with E-state index in [9.17, 15) is 38.7 Å². The van der Waals surface area contributed by atoms with Crippen molar-refractivity contribution in [3.63, 3.8) is 0 Å². The van der Waals surface area contributed by atoms with Gasteiger partial charge in [-0.05, 0) is 74.8 Å². The van der Waals surface area contributed by atoms with Crippen molar-refractivity contribution in [3.8, 4) is 0 Å². The number of piperidine rings is 1. The zero-order valence-corrected chi connectivity index (χ0v) is 35.7. The smallest absolute Gasteiger partial charge is 0.306 e. The van der Waals surface area contributed by atoms with E-state index in [1.165, 1.54) is 23.9 Å². The lowest BCUT2D eigenvalue weighted by molar-refractivity contribution is -0.156. The predicted molar refractivity (Wildman–Crippen MR) is 224 cm³/mol. The topological polar surface area (TPSA) is 174 Å². The highest BCUT2D eigenvalue weighted by Crippen LogP contribution is 2.34. The number of carboxylic acids is 1. The van der Waals surface area contributed by atoms with Gasteiger partial charge in [-0.25, -0.2) is 0 Å². The van der Waals surface area contributed by atoms with Crippen molar-refractivity contribution in [1.82, 2.24) is 24.9 Å². The summed E-state index contributed by atoms with van der Waals surface area (Å²) in [5.41, 5.74) is 0.509. The van der Waals surface area contributed by atoms with Gasteiger partial charge in [0, 0.05) is 39.6 Å². The number of carbonyl (C=O) groups excluding carboxylic acids is 6. The highest BCUT2D eigenvalue weighted by Gasteiger charge is 2.50. The number of nitrogens with one attached hydrogen (secondary N) is 1. The lowest BCUT2D eigenvalue weighted by atomic mass is 9.91. The lowest BCUT2D eigenvalue weighted by Crippen LogP contribution is -2.64. The Labute approximate surface area is 354 Å². The van der Waals surface area contributed by atoms with Gasteiger partial charge in [0.2, 0.25) is 29.5 Å². The molecule has 2 aromatic rings. The number of benzene rings is 2. The van der Waals surface area contributed by atoms with Gasteiger partial charge in [0.25, 0.3) is 0 Å². The Morgan fingerprint density at radius 2 is 1.40 bits per heavy atom. The number of aliphatic carboxylic acids is 1. The minimum atomic E-state index is -1.34. The van der Waals surface area contributed by atoms with Crippen molar-refractivity contribution in [2.75, 3.05) is 33.7 Å². The van der Waals surface area contributed by atoms with Crippen LogP contribution in [0.5, 0.6) is 0 Å². The number of nitrogens with zero attached hydrogens (tertiary/aromatic N) is 4. The van der Waals surface area contributed by atoms with E-state index in [0.717, 1.165) is 30.4 Å². The second-order valence-corrected chi connectivity index (χ2v) is 17.1. The second kappa shape index (κ2) is 21.3. The van der Waals surface area contributed by atoms with Crippen molar-refractivity contribution in [3.05, 3.63) is 71.8 Å². The Hall–Kier alpha value is -5.27. The van der Waals surface area contributed by atoms with Crippen molar-refractivity contribution in [2.24, 2.45) is 11.8 Å². The van der Waals surface area contributed by atoms with E-state index in [1.807, 2.05) is 60.7 Å². The number of hydrogen-bond acceptors (Lipinski definition) is 8. The van der Waals surface area contributed by atoms with Crippen LogP contribution in [0.4, 0.5) is 0 Å². The van der Waals surface area contributed by atoms with Crippen molar-refractivity contribution >= 4 is 41.5 Å². The summed E-state index contributed by atoms with van der Waals surface area (Å²) in [5, 5.41) is 12.8. The fourth-order valence-corrected chi connectivity index (χ4v) is 9.13. The maximum absolute atomic E-state index is 14.7. The van der Waals surface area contributed by atoms with E-state index in [-0.39, 0.29) is 18.9 Å². The number of carboxylic acid groups (broad SMARTS) is 1. The Morgan fingerprint density at radius 3 is 2.00 bits per heavy atom. The van der Waals surface area contributed by atoms with E-state index in [2.05, 4.69) is 5.32 Å². The fraction of sp³-hybridized carbons (Fsp3) is 0.587. The molecule has 14 nitrogen and oxygen atoms in total. The number of ether oxygens (including phenoxy) is 1. The molecule has 5 amide bonds. The third-order valence-electron chi connectivity index (χ3n) is 12.5. The molecule has 60 heavy (non-hydrogen) atoms. The van der Waals surface area contributed by atoms with Gasteiger partial charge in [-0.15, -0.1) is 0 Å². The summed E-state index contributed by atoms with van der Waals surface area (Å²) in [7, 11) is 2.93. The number of carbonyl (C=O) groups is 7. The molecular weight excluding hydrogens is 767 g/mol. The highest BCUT2D eigenvalue weighted by atomic mass is 16.5. The quantitative estimate of drug-likeness (QED) is 0.204. The molecule has 2 saturated heterocycles. The molecule has 3 aliphatic rings. The lowest BCUT2D eigenvalue weighted by Gasteiger charge is -2.41. The van der Waals surface area contributed by atoms with Crippen molar-refractivity contribution in [2.45, 2.75) is 128 Å². The van der Waals surface area contributed by atoms with Gasteiger partial charge >= 0.3 is 11.9 Å². The summed E-state index contributed by atoms with van der Waals surface area (Å²) in [6.45, 7) is 4.95. The molecule has 0 bridgehead atoms. The molecule has 1 aliphatic carbocycles. The van der Waals surface area contributed by atoms with E-state index in [4.69, 9.17) is 4.74 Å². The summed E-state index contributed by atoms with van der Waals surface area (Å²) in [5.74, 6) is -5.10. The van der Waals surface area contributed by atoms with E-state index in [0.29, 0.717) is 71.0 Å². The molecule has 2 aliphatic heterocycles. The molecule has 2 heterocycles. The van der Waals surface area contributed by atoms with Crippen molar-refractivity contribution < 1.29 is 43.4 Å². The molecule has 2 aromatic carbocycles. The zero-order chi connectivity index (χ0) is 43.4. The van der Waals surface area contributed by atoms with Gasteiger partial charge in [-0.1, -0.05) is 87.4 Å². The maximum atomic E-state index is 14.7. The summed E-state index contributed by atoms with van der Waals surface area (Å²) in [6.07, 6.45) is 5.71. The molecule has 0 aromatic heterocycles. The Balaban J connectivity index is 1.31. The van der Waals surface area contributed by atoms with Gasteiger partial charge in [-0.2, -0.15) is 0 Å². The average molecular weight is 830 g/mol. The minimum absolute atomic E-state index is 0.0811. The fourth-order valence-electron chi connectivity index (χ4n) is 9.13. The number of likely N-dealkylation sites (tertiary alicyclic amines) is 2. The number of hydrogen-bond donors (Lipinski definition) is 2. The number of esters is 1. The second-order valence-electron chi connectivity index (χ2n) is 17.1. The predicted octanol–water partition coefficient (Wildman–Crippen LogP) is 4.59. The molecule has 0 spiro atoms. The van der Waals surface area contributed by atoms with Crippen LogP contribution in [0, 0.1) is 11.8 Å². The molecule has 326 valence electrons. The van der Waals surface area contributed by atoms with Crippen molar-refractivity contribution in [1.29, 1.82) is 0 Å². The van der Waals surface area contributed by atoms with E-state index >= 15 is 0 Å². The first-order chi connectivity index (χ1) is 28.7. The average Bonchev–Trinajstić information content (AvgIpc) is 3.95. The van der Waals surface area contributed by atoms with Gasteiger partial charge in [-0.3, -0.25) is 33.6 Å². The van der Waals surface area contributed by atoms with Crippen LogP contribution in [0.1, 0.15) is 102 Å². The molecule has 0 unspecified atom stereocenters. The van der Waals surface area contributed by atoms with Crippen LogP contribution in [0.25, 0.3) is 0 Å². The van der Waals surface area contributed by atoms with Gasteiger partial charge < -0.3 is 34.8 Å². The van der Waals surface area contributed by atoms with Gasteiger partial charge in [0.15, 0.2) is 0 Å². The summed E-state index contributed by atoms with van der Waals surface area (Å²) < 4.78 is 5.58. The first-order valence-electron chi connectivity index (χ1n) is 21.6. The Morgan fingerprint density at radius 1 is 0.783 bits per heavy atom. The Bertz CT molecular complexity index is 1810. The molecule has 14 heteroatoms. The molecule has 1 saturated carbocycles. The standard InChI is InChI=1S/C46H63N5O9/c1-32(2)40(44(58)48(3)37(30-38(52)53)43(57)50-26-14-7-15-27-50)49(4)45(59)46(24-12-13-25-46)47-41(55)36-21-16-28-51(36)42(56)35(23-22-33-17-8-5-9-18-33)29-39(54)60-31-34-19-10-6-11-20-34/h5-6,8-11,17-20,32,35-37,40H,7,12-16,21-31H2,1-4H3,(H,47,55)(H,52,53)/t35-,36+,37+,40+/m1/s1. The minimum Gasteiger partial charge on any atom is -0.481 e. The third kappa shape index (κ3) is 11.5. The first-order valence-corrected chi connectivity index (χ1v) is 21.6. The van der Waals surface area contributed by atoms with E-state index in [1.54, 1.807) is 23.6 Å².